The molecule has 0 amide bonds. The molecular formula is C10H11F2N3O. The number of hydrogen-bond acceptors (Lipinski definition) is 4. The van der Waals surface area contributed by atoms with Crippen LogP contribution < -0.4 is 9.64 Å². The topological polar surface area (TPSA) is 49.2 Å². The maximum atomic E-state index is 11.8. The van der Waals surface area contributed by atoms with Crippen molar-refractivity contribution >= 4 is 5.82 Å². The average Bonchev–Trinajstić information content (AvgIpc) is 2.26. The lowest BCUT2D eigenvalue weighted by molar-refractivity contribution is -0.0500. The number of anilines is 1. The molecule has 86 valence electrons. The Morgan fingerprint density at radius 1 is 1.56 bits per heavy atom. The number of rotatable bonds is 5. The van der Waals surface area contributed by atoms with Crippen molar-refractivity contribution in [3.63, 3.8) is 0 Å². The highest BCUT2D eigenvalue weighted by atomic mass is 19.3. The van der Waals surface area contributed by atoms with Gasteiger partial charge in [0.05, 0.1) is 18.7 Å². The van der Waals surface area contributed by atoms with Gasteiger partial charge in [-0.3, -0.25) is 0 Å². The predicted octanol–water partition coefficient (Wildman–Crippen LogP) is 2.03. The summed E-state index contributed by atoms with van der Waals surface area (Å²) in [6.45, 7) is -2.30. The Labute approximate surface area is 92.1 Å². The molecule has 0 aromatic carbocycles. The predicted molar refractivity (Wildman–Crippen MR) is 54.4 cm³/mol. The monoisotopic (exact) mass is 227 g/mol. The number of hydrogen-bond donors (Lipinski definition) is 0. The zero-order valence-electron chi connectivity index (χ0n) is 8.73. The second-order valence-electron chi connectivity index (χ2n) is 3.06. The molecule has 1 rings (SSSR count). The van der Waals surface area contributed by atoms with Crippen molar-refractivity contribution in [2.24, 2.45) is 0 Å². The first-order chi connectivity index (χ1) is 7.63. The molecule has 0 fully saturated rings. The zero-order valence-corrected chi connectivity index (χ0v) is 8.73. The van der Waals surface area contributed by atoms with Gasteiger partial charge in [-0.15, -0.1) is 0 Å². The van der Waals surface area contributed by atoms with E-state index in [1.165, 1.54) is 12.3 Å². The SMILES string of the molecule is CN(CCC#N)c1ccc(OC(F)F)cn1. The number of alkyl halides is 2. The number of nitriles is 1. The molecule has 1 aromatic rings. The fourth-order valence-corrected chi connectivity index (χ4v) is 1.10. The number of nitrogens with zero attached hydrogens (tertiary/aromatic N) is 3. The minimum absolute atomic E-state index is 0.0208. The standard InChI is InChI=1S/C10H11F2N3O/c1-15(6-2-5-13)9-4-3-8(7-14-9)16-10(11)12/h3-4,7,10H,2,6H2,1H3. The van der Waals surface area contributed by atoms with E-state index in [0.717, 1.165) is 0 Å². The first kappa shape index (κ1) is 12.2. The lowest BCUT2D eigenvalue weighted by Crippen LogP contribution is -2.19. The normalized spacial score (nSPS) is 9.94. The van der Waals surface area contributed by atoms with Gasteiger partial charge in [0.1, 0.15) is 11.6 Å². The van der Waals surface area contributed by atoms with E-state index in [2.05, 4.69) is 9.72 Å². The van der Waals surface area contributed by atoms with Gasteiger partial charge >= 0.3 is 6.61 Å². The van der Waals surface area contributed by atoms with Crippen molar-refractivity contribution < 1.29 is 13.5 Å². The minimum Gasteiger partial charge on any atom is -0.433 e. The fraction of sp³-hybridized carbons (Fsp3) is 0.400. The van der Waals surface area contributed by atoms with Gasteiger partial charge in [0.2, 0.25) is 0 Å². The van der Waals surface area contributed by atoms with Gasteiger partial charge in [0.15, 0.2) is 0 Å². The van der Waals surface area contributed by atoms with Crippen molar-refractivity contribution in [2.75, 3.05) is 18.5 Å². The van der Waals surface area contributed by atoms with Crippen LogP contribution >= 0.6 is 0 Å². The molecular weight excluding hydrogens is 216 g/mol. The van der Waals surface area contributed by atoms with Crippen LogP contribution in [0.2, 0.25) is 0 Å². The highest BCUT2D eigenvalue weighted by Crippen LogP contribution is 2.16. The largest absolute Gasteiger partial charge is 0.433 e. The van der Waals surface area contributed by atoms with Crippen LogP contribution in [0.1, 0.15) is 6.42 Å². The van der Waals surface area contributed by atoms with Gasteiger partial charge in [-0.2, -0.15) is 14.0 Å². The maximum Gasteiger partial charge on any atom is 0.387 e. The van der Waals surface area contributed by atoms with Crippen LogP contribution in [0.5, 0.6) is 5.75 Å². The Bertz CT molecular complexity index is 361. The molecule has 0 N–H and O–H groups in total. The minimum atomic E-state index is -2.84. The second kappa shape index (κ2) is 5.85. The summed E-state index contributed by atoms with van der Waals surface area (Å²) in [6.07, 6.45) is 1.61. The quantitative estimate of drug-likeness (QED) is 0.772. The van der Waals surface area contributed by atoms with Crippen LogP contribution in [0.4, 0.5) is 14.6 Å². The molecule has 0 saturated carbocycles. The summed E-state index contributed by atoms with van der Waals surface area (Å²) in [6, 6.07) is 4.99. The number of aromatic nitrogens is 1. The summed E-state index contributed by atoms with van der Waals surface area (Å²) in [4.78, 5) is 5.70. The van der Waals surface area contributed by atoms with Gasteiger partial charge in [-0.25, -0.2) is 4.98 Å². The Hall–Kier alpha value is -1.90. The zero-order chi connectivity index (χ0) is 12.0. The van der Waals surface area contributed by atoms with Crippen molar-refractivity contribution in [3.8, 4) is 11.8 Å². The number of pyridine rings is 1. The lowest BCUT2D eigenvalue weighted by atomic mass is 10.4. The van der Waals surface area contributed by atoms with Gasteiger partial charge in [0, 0.05) is 13.6 Å². The van der Waals surface area contributed by atoms with E-state index in [4.69, 9.17) is 5.26 Å². The molecule has 0 saturated heterocycles. The third-order valence-electron chi connectivity index (χ3n) is 1.90. The Morgan fingerprint density at radius 2 is 2.31 bits per heavy atom. The van der Waals surface area contributed by atoms with Crippen LogP contribution in [0.25, 0.3) is 0 Å². The lowest BCUT2D eigenvalue weighted by Gasteiger charge is -2.16. The summed E-state index contributed by atoms with van der Waals surface area (Å²) in [7, 11) is 1.77. The molecule has 0 aliphatic rings. The van der Waals surface area contributed by atoms with Gasteiger partial charge in [-0.1, -0.05) is 0 Å². The smallest absolute Gasteiger partial charge is 0.387 e. The van der Waals surface area contributed by atoms with Crippen molar-refractivity contribution in [2.45, 2.75) is 13.0 Å². The molecule has 0 spiro atoms. The molecule has 6 heteroatoms. The van der Waals surface area contributed by atoms with Crippen LogP contribution in [0, 0.1) is 11.3 Å². The van der Waals surface area contributed by atoms with Crippen LogP contribution in [-0.4, -0.2) is 25.2 Å². The third kappa shape index (κ3) is 3.69. The summed E-state index contributed by atoms with van der Waals surface area (Å²) in [5.41, 5.74) is 0. The van der Waals surface area contributed by atoms with E-state index in [9.17, 15) is 8.78 Å². The Balaban J connectivity index is 2.60. The van der Waals surface area contributed by atoms with Crippen molar-refractivity contribution in [3.05, 3.63) is 18.3 Å². The fourth-order valence-electron chi connectivity index (χ4n) is 1.10. The molecule has 0 bridgehead atoms. The van der Waals surface area contributed by atoms with Crippen molar-refractivity contribution in [1.82, 2.24) is 4.98 Å². The summed E-state index contributed by atoms with van der Waals surface area (Å²) >= 11 is 0. The molecule has 16 heavy (non-hydrogen) atoms. The van der Waals surface area contributed by atoms with E-state index >= 15 is 0 Å². The highest BCUT2D eigenvalue weighted by Gasteiger charge is 2.06. The Kier molecular flexibility index (Phi) is 4.45. The number of halogens is 2. The summed E-state index contributed by atoms with van der Waals surface area (Å²) in [5.74, 6) is 0.629. The first-order valence-electron chi connectivity index (χ1n) is 4.62. The van der Waals surface area contributed by atoms with Gasteiger partial charge in [-0.05, 0) is 12.1 Å². The first-order valence-corrected chi connectivity index (χ1v) is 4.62. The van der Waals surface area contributed by atoms with E-state index in [0.29, 0.717) is 18.8 Å². The number of ether oxygens (including phenoxy) is 1. The second-order valence-corrected chi connectivity index (χ2v) is 3.06. The molecule has 0 aliphatic heterocycles. The van der Waals surface area contributed by atoms with E-state index in [1.54, 1.807) is 18.0 Å². The third-order valence-corrected chi connectivity index (χ3v) is 1.90. The summed E-state index contributed by atoms with van der Waals surface area (Å²) < 4.78 is 27.9. The summed E-state index contributed by atoms with van der Waals surface area (Å²) in [5, 5.41) is 8.40. The highest BCUT2D eigenvalue weighted by molar-refractivity contribution is 5.39. The van der Waals surface area contributed by atoms with Crippen LogP contribution in [-0.2, 0) is 0 Å². The molecule has 1 aromatic heterocycles. The van der Waals surface area contributed by atoms with E-state index < -0.39 is 6.61 Å². The molecule has 0 aliphatic carbocycles. The Morgan fingerprint density at radius 3 is 2.81 bits per heavy atom. The van der Waals surface area contributed by atoms with Crippen LogP contribution in [0.15, 0.2) is 18.3 Å². The van der Waals surface area contributed by atoms with Crippen LogP contribution in [0.3, 0.4) is 0 Å². The molecule has 0 atom stereocenters. The van der Waals surface area contributed by atoms with Crippen molar-refractivity contribution in [1.29, 1.82) is 5.26 Å². The molecule has 0 unspecified atom stereocenters. The van der Waals surface area contributed by atoms with Gasteiger partial charge < -0.3 is 9.64 Å². The van der Waals surface area contributed by atoms with E-state index in [1.807, 2.05) is 6.07 Å². The molecule has 1 heterocycles. The van der Waals surface area contributed by atoms with Gasteiger partial charge in [0.25, 0.3) is 0 Å². The average molecular weight is 227 g/mol. The van der Waals surface area contributed by atoms with E-state index in [-0.39, 0.29) is 5.75 Å². The maximum absolute atomic E-state index is 11.8. The molecule has 0 radical (unpaired) electrons. The molecule has 4 nitrogen and oxygen atoms in total.